The molecule has 1 aromatic carbocycles. The third kappa shape index (κ3) is 3.91. The zero-order valence-electron chi connectivity index (χ0n) is 14.2. The SMILES string of the molecule is O=C(Nc1ccc(Cl)c(Cl)c1)NC1CCN(c2ncnc3[nH]ncc23)CC1. The van der Waals surface area contributed by atoms with Gasteiger partial charge < -0.3 is 15.5 Å². The van der Waals surface area contributed by atoms with Crippen molar-refractivity contribution in [2.24, 2.45) is 0 Å². The average molecular weight is 406 g/mol. The quantitative estimate of drug-likeness (QED) is 0.619. The lowest BCUT2D eigenvalue weighted by Crippen LogP contribution is -2.46. The van der Waals surface area contributed by atoms with E-state index in [2.05, 4.69) is 35.7 Å². The fraction of sp³-hybridized carbons (Fsp3) is 0.294. The summed E-state index contributed by atoms with van der Waals surface area (Å²) in [7, 11) is 0. The smallest absolute Gasteiger partial charge is 0.319 e. The van der Waals surface area contributed by atoms with E-state index in [4.69, 9.17) is 23.2 Å². The lowest BCUT2D eigenvalue weighted by molar-refractivity contribution is 0.246. The van der Waals surface area contributed by atoms with Gasteiger partial charge in [-0.2, -0.15) is 5.10 Å². The predicted octanol–water partition coefficient (Wildman–Crippen LogP) is 3.45. The number of anilines is 2. The van der Waals surface area contributed by atoms with Crippen molar-refractivity contribution in [3.8, 4) is 0 Å². The molecule has 2 aromatic heterocycles. The summed E-state index contributed by atoms with van der Waals surface area (Å²) in [6.45, 7) is 1.57. The number of nitrogens with zero attached hydrogens (tertiary/aromatic N) is 4. The van der Waals surface area contributed by atoms with E-state index in [1.54, 1.807) is 24.4 Å². The van der Waals surface area contributed by atoms with Gasteiger partial charge in [-0.25, -0.2) is 14.8 Å². The first-order valence-electron chi connectivity index (χ1n) is 8.52. The van der Waals surface area contributed by atoms with Crippen LogP contribution >= 0.6 is 23.2 Å². The van der Waals surface area contributed by atoms with Crippen molar-refractivity contribution in [1.29, 1.82) is 0 Å². The normalized spacial score (nSPS) is 15.1. The Bertz CT molecular complexity index is 969. The Kier molecular flexibility index (Phi) is 5.00. The van der Waals surface area contributed by atoms with Crippen molar-refractivity contribution in [2.75, 3.05) is 23.3 Å². The van der Waals surface area contributed by atoms with E-state index in [1.165, 1.54) is 6.33 Å². The molecule has 27 heavy (non-hydrogen) atoms. The summed E-state index contributed by atoms with van der Waals surface area (Å²) < 4.78 is 0. The molecule has 0 spiro atoms. The molecule has 0 unspecified atom stereocenters. The third-order valence-electron chi connectivity index (χ3n) is 4.53. The number of halogens is 2. The fourth-order valence-corrected chi connectivity index (χ4v) is 3.46. The van der Waals surface area contributed by atoms with Crippen LogP contribution in [0.25, 0.3) is 11.0 Å². The minimum Gasteiger partial charge on any atom is -0.356 e. The molecule has 0 atom stereocenters. The number of carbonyl (C=O) groups is 1. The number of rotatable bonds is 3. The molecular formula is C17H17Cl2N7O. The van der Waals surface area contributed by atoms with Crippen LogP contribution in [0.5, 0.6) is 0 Å². The van der Waals surface area contributed by atoms with Crippen LogP contribution < -0.4 is 15.5 Å². The van der Waals surface area contributed by atoms with Gasteiger partial charge in [0.15, 0.2) is 5.65 Å². The molecule has 2 amide bonds. The lowest BCUT2D eigenvalue weighted by atomic mass is 10.1. The summed E-state index contributed by atoms with van der Waals surface area (Å²) in [5.74, 6) is 0.868. The van der Waals surface area contributed by atoms with Gasteiger partial charge in [-0.3, -0.25) is 5.10 Å². The van der Waals surface area contributed by atoms with E-state index in [1.807, 2.05) is 0 Å². The van der Waals surface area contributed by atoms with E-state index < -0.39 is 0 Å². The van der Waals surface area contributed by atoms with Gasteiger partial charge >= 0.3 is 6.03 Å². The Hall–Kier alpha value is -2.58. The van der Waals surface area contributed by atoms with Gasteiger partial charge in [0, 0.05) is 24.8 Å². The number of piperidine rings is 1. The highest BCUT2D eigenvalue weighted by Gasteiger charge is 2.23. The number of aromatic nitrogens is 4. The number of hydrogen-bond acceptors (Lipinski definition) is 5. The molecule has 4 rings (SSSR count). The molecule has 1 aliphatic rings. The van der Waals surface area contributed by atoms with Gasteiger partial charge in [0.05, 0.1) is 21.6 Å². The highest BCUT2D eigenvalue weighted by Crippen LogP contribution is 2.26. The fourth-order valence-electron chi connectivity index (χ4n) is 3.17. The van der Waals surface area contributed by atoms with Crippen molar-refractivity contribution >= 4 is 51.8 Å². The Morgan fingerprint density at radius 2 is 2.00 bits per heavy atom. The monoisotopic (exact) mass is 405 g/mol. The third-order valence-corrected chi connectivity index (χ3v) is 5.27. The molecule has 140 valence electrons. The number of aromatic amines is 1. The van der Waals surface area contributed by atoms with Gasteiger partial charge in [0.25, 0.3) is 0 Å². The van der Waals surface area contributed by atoms with Crippen molar-refractivity contribution in [3.05, 3.63) is 40.8 Å². The predicted molar refractivity (Wildman–Crippen MR) is 106 cm³/mol. The van der Waals surface area contributed by atoms with E-state index in [9.17, 15) is 4.79 Å². The zero-order valence-corrected chi connectivity index (χ0v) is 15.8. The van der Waals surface area contributed by atoms with Crippen molar-refractivity contribution in [1.82, 2.24) is 25.5 Å². The largest absolute Gasteiger partial charge is 0.356 e. The molecule has 3 N–H and O–H groups in total. The average Bonchev–Trinajstić information content (AvgIpc) is 3.14. The second-order valence-electron chi connectivity index (χ2n) is 6.32. The molecule has 0 saturated carbocycles. The molecule has 1 fully saturated rings. The van der Waals surface area contributed by atoms with Crippen molar-refractivity contribution in [3.63, 3.8) is 0 Å². The molecule has 3 aromatic rings. The number of hydrogen-bond donors (Lipinski definition) is 3. The maximum absolute atomic E-state index is 12.2. The van der Waals surface area contributed by atoms with Crippen LogP contribution in [0.1, 0.15) is 12.8 Å². The molecule has 0 radical (unpaired) electrons. The van der Waals surface area contributed by atoms with Crippen LogP contribution in [-0.4, -0.2) is 45.3 Å². The number of benzene rings is 1. The Morgan fingerprint density at radius 1 is 1.19 bits per heavy atom. The molecular weight excluding hydrogens is 389 g/mol. The first-order valence-corrected chi connectivity index (χ1v) is 9.27. The summed E-state index contributed by atoms with van der Waals surface area (Å²) in [6, 6.07) is 4.81. The number of H-pyrrole nitrogens is 1. The number of fused-ring (bicyclic) bond motifs is 1. The second-order valence-corrected chi connectivity index (χ2v) is 7.13. The molecule has 3 heterocycles. The molecule has 1 aliphatic heterocycles. The van der Waals surface area contributed by atoms with Gasteiger partial charge in [-0.1, -0.05) is 23.2 Å². The van der Waals surface area contributed by atoms with Crippen LogP contribution in [0.2, 0.25) is 10.0 Å². The van der Waals surface area contributed by atoms with E-state index in [-0.39, 0.29) is 12.1 Å². The Balaban J connectivity index is 1.33. The van der Waals surface area contributed by atoms with Gasteiger partial charge in [-0.05, 0) is 31.0 Å². The van der Waals surface area contributed by atoms with Crippen molar-refractivity contribution < 1.29 is 4.79 Å². The highest BCUT2D eigenvalue weighted by atomic mass is 35.5. The van der Waals surface area contributed by atoms with E-state index in [0.29, 0.717) is 15.7 Å². The maximum Gasteiger partial charge on any atom is 0.319 e. The molecule has 0 aliphatic carbocycles. The van der Waals surface area contributed by atoms with Gasteiger partial charge in [0.2, 0.25) is 0 Å². The van der Waals surface area contributed by atoms with Gasteiger partial charge in [-0.15, -0.1) is 0 Å². The number of carbonyl (C=O) groups excluding carboxylic acids is 1. The minimum atomic E-state index is -0.258. The zero-order chi connectivity index (χ0) is 18.8. The van der Waals surface area contributed by atoms with Crippen LogP contribution in [-0.2, 0) is 0 Å². The Morgan fingerprint density at radius 3 is 2.78 bits per heavy atom. The topological polar surface area (TPSA) is 98.8 Å². The molecule has 10 heteroatoms. The molecule has 0 bridgehead atoms. The number of nitrogens with one attached hydrogen (secondary N) is 3. The first kappa shape index (κ1) is 17.8. The molecule has 1 saturated heterocycles. The summed E-state index contributed by atoms with van der Waals surface area (Å²) in [4.78, 5) is 23.0. The summed E-state index contributed by atoms with van der Waals surface area (Å²) in [6.07, 6.45) is 4.90. The van der Waals surface area contributed by atoms with Crippen molar-refractivity contribution in [2.45, 2.75) is 18.9 Å². The number of amides is 2. The van der Waals surface area contributed by atoms with Gasteiger partial charge in [0.1, 0.15) is 12.1 Å². The molecule has 8 nitrogen and oxygen atoms in total. The van der Waals surface area contributed by atoms with E-state index >= 15 is 0 Å². The highest BCUT2D eigenvalue weighted by molar-refractivity contribution is 6.42. The van der Waals surface area contributed by atoms with E-state index in [0.717, 1.165) is 42.8 Å². The summed E-state index contributed by atoms with van der Waals surface area (Å²) in [5, 5.41) is 14.4. The van der Waals surface area contributed by atoms with Crippen LogP contribution in [0, 0.1) is 0 Å². The minimum absolute atomic E-state index is 0.0886. The van der Waals surface area contributed by atoms with Crippen LogP contribution in [0.4, 0.5) is 16.3 Å². The maximum atomic E-state index is 12.2. The Labute approximate surface area is 165 Å². The summed E-state index contributed by atoms with van der Waals surface area (Å²) in [5.41, 5.74) is 1.32. The summed E-state index contributed by atoms with van der Waals surface area (Å²) >= 11 is 11.9. The lowest BCUT2D eigenvalue weighted by Gasteiger charge is -2.33. The standard InChI is InChI=1S/C17H17Cl2N7O/c18-13-2-1-11(7-14(13)19)24-17(27)23-10-3-5-26(6-4-10)16-12-8-22-25-15(12)20-9-21-16/h1-2,7-10H,3-6H2,(H2,23,24,27)(H,20,21,22,25). The second kappa shape index (κ2) is 7.58. The van der Waals surface area contributed by atoms with Crippen LogP contribution in [0.3, 0.4) is 0 Å². The number of urea groups is 1. The first-order chi connectivity index (χ1) is 13.1. The van der Waals surface area contributed by atoms with Crippen LogP contribution in [0.15, 0.2) is 30.7 Å².